The Morgan fingerprint density at radius 2 is 1.94 bits per heavy atom. The molecule has 2 aromatic carbocycles. The molecule has 34 heavy (non-hydrogen) atoms. The average molecular weight is 504 g/mol. The summed E-state index contributed by atoms with van der Waals surface area (Å²) >= 11 is 6.71. The van der Waals surface area contributed by atoms with Crippen molar-refractivity contribution in [2.75, 3.05) is 50.2 Å². The number of ether oxygens (including phenoxy) is 2. The molecule has 2 aliphatic heterocycles. The van der Waals surface area contributed by atoms with Crippen molar-refractivity contribution in [3.63, 3.8) is 0 Å². The van der Waals surface area contributed by atoms with E-state index >= 15 is 0 Å². The van der Waals surface area contributed by atoms with Crippen LogP contribution in [-0.2, 0) is 14.3 Å². The molecule has 0 aromatic heterocycles. The number of phenols is 1. The number of thioether (sulfide) groups is 1. The van der Waals surface area contributed by atoms with Crippen LogP contribution in [0.25, 0.3) is 6.08 Å². The van der Waals surface area contributed by atoms with E-state index in [9.17, 15) is 19.5 Å². The minimum absolute atomic E-state index is 0.0452. The van der Waals surface area contributed by atoms with Crippen LogP contribution in [0.1, 0.15) is 5.56 Å². The zero-order valence-corrected chi connectivity index (χ0v) is 19.8. The Hall–Kier alpha value is -3.21. The topological polar surface area (TPSA) is 108 Å². The second kappa shape index (κ2) is 10.4. The van der Waals surface area contributed by atoms with Crippen molar-refractivity contribution >= 4 is 57.9 Å². The van der Waals surface area contributed by atoms with Gasteiger partial charge in [0.05, 0.1) is 30.3 Å². The maximum Gasteiger partial charge on any atom is 0.294 e. The van der Waals surface area contributed by atoms with E-state index in [2.05, 4.69) is 10.2 Å². The van der Waals surface area contributed by atoms with Gasteiger partial charge in [0.25, 0.3) is 11.1 Å². The van der Waals surface area contributed by atoms with Gasteiger partial charge in [-0.05, 0) is 59.8 Å². The highest BCUT2D eigenvalue weighted by molar-refractivity contribution is 8.18. The molecule has 9 nitrogen and oxygen atoms in total. The van der Waals surface area contributed by atoms with Gasteiger partial charge >= 0.3 is 0 Å². The number of nitrogens with zero attached hydrogens (tertiary/aromatic N) is 2. The largest absolute Gasteiger partial charge is 0.503 e. The fraction of sp³-hybridized carbons (Fsp3) is 0.261. The van der Waals surface area contributed by atoms with E-state index in [4.69, 9.17) is 21.1 Å². The third-order valence-electron chi connectivity index (χ3n) is 5.27. The second-order valence-corrected chi connectivity index (χ2v) is 8.92. The molecule has 3 amide bonds. The normalized spacial score (nSPS) is 17.4. The Labute approximate surface area is 205 Å². The molecule has 0 spiro atoms. The molecule has 2 fully saturated rings. The number of carbonyl (C=O) groups is 3. The van der Waals surface area contributed by atoms with Gasteiger partial charge in [0.1, 0.15) is 6.54 Å². The van der Waals surface area contributed by atoms with Gasteiger partial charge in [-0.1, -0.05) is 11.6 Å². The van der Waals surface area contributed by atoms with Gasteiger partial charge in [-0.2, -0.15) is 0 Å². The summed E-state index contributed by atoms with van der Waals surface area (Å²) in [7, 11) is 1.37. The number of aromatic hydroxyl groups is 1. The fourth-order valence-corrected chi connectivity index (χ4v) is 4.60. The van der Waals surface area contributed by atoms with Crippen molar-refractivity contribution in [3.05, 3.63) is 51.9 Å². The summed E-state index contributed by atoms with van der Waals surface area (Å²) in [5.74, 6) is -1.16. The molecule has 0 unspecified atom stereocenters. The van der Waals surface area contributed by atoms with E-state index in [1.165, 1.54) is 25.3 Å². The number of hydrogen-bond acceptors (Lipinski definition) is 8. The van der Waals surface area contributed by atoms with E-state index in [0.717, 1.165) is 35.4 Å². The van der Waals surface area contributed by atoms with Gasteiger partial charge in [-0.15, -0.1) is 0 Å². The number of benzene rings is 2. The summed E-state index contributed by atoms with van der Waals surface area (Å²) in [6.07, 6.45) is 1.46. The van der Waals surface area contributed by atoms with Crippen molar-refractivity contribution in [2.24, 2.45) is 0 Å². The Bertz CT molecular complexity index is 1150. The van der Waals surface area contributed by atoms with Gasteiger partial charge < -0.3 is 24.8 Å². The first-order valence-electron chi connectivity index (χ1n) is 10.4. The maximum absolute atomic E-state index is 12.7. The smallest absolute Gasteiger partial charge is 0.294 e. The van der Waals surface area contributed by atoms with E-state index in [0.29, 0.717) is 24.5 Å². The molecule has 0 aliphatic carbocycles. The third kappa shape index (κ3) is 5.30. The number of imide groups is 1. The lowest BCUT2D eigenvalue weighted by molar-refractivity contribution is -0.127. The van der Waals surface area contributed by atoms with Crippen LogP contribution >= 0.6 is 23.4 Å². The quantitative estimate of drug-likeness (QED) is 0.576. The number of methoxy groups -OCH3 is 1. The van der Waals surface area contributed by atoms with Crippen molar-refractivity contribution < 1.29 is 29.0 Å². The molecule has 2 saturated heterocycles. The number of rotatable bonds is 6. The third-order valence-corrected chi connectivity index (χ3v) is 6.47. The highest BCUT2D eigenvalue weighted by Gasteiger charge is 2.36. The SMILES string of the molecule is COc1cc(/C=C2\SC(=O)N(CC(=O)Nc3ccc(N4CCOCC4)cc3)C2=O)cc(Cl)c1O. The molecule has 2 N–H and O–H groups in total. The first-order chi connectivity index (χ1) is 16.4. The van der Waals surface area contributed by atoms with E-state index in [-0.39, 0.29) is 21.4 Å². The van der Waals surface area contributed by atoms with Gasteiger partial charge in [0.2, 0.25) is 5.91 Å². The molecule has 178 valence electrons. The second-order valence-electron chi connectivity index (χ2n) is 7.52. The zero-order valence-electron chi connectivity index (χ0n) is 18.2. The van der Waals surface area contributed by atoms with Gasteiger partial charge in [0, 0.05) is 24.5 Å². The van der Waals surface area contributed by atoms with Crippen molar-refractivity contribution in [1.29, 1.82) is 0 Å². The van der Waals surface area contributed by atoms with Crippen LogP contribution in [0.3, 0.4) is 0 Å². The number of halogens is 1. The van der Waals surface area contributed by atoms with Crippen LogP contribution in [0.5, 0.6) is 11.5 Å². The minimum Gasteiger partial charge on any atom is -0.503 e. The number of nitrogens with one attached hydrogen (secondary N) is 1. The molecule has 2 heterocycles. The molecule has 11 heteroatoms. The molecule has 0 atom stereocenters. The Balaban J connectivity index is 1.40. The van der Waals surface area contributed by atoms with Crippen LogP contribution in [0.15, 0.2) is 41.3 Å². The first-order valence-corrected chi connectivity index (χ1v) is 11.6. The van der Waals surface area contributed by atoms with Crippen molar-refractivity contribution in [1.82, 2.24) is 4.90 Å². The Morgan fingerprint density at radius 3 is 2.62 bits per heavy atom. The highest BCUT2D eigenvalue weighted by atomic mass is 35.5. The number of carbonyl (C=O) groups excluding carboxylic acids is 3. The first kappa shape index (κ1) is 23.9. The summed E-state index contributed by atoms with van der Waals surface area (Å²) in [4.78, 5) is 40.8. The highest BCUT2D eigenvalue weighted by Crippen LogP contribution is 2.38. The molecule has 0 saturated carbocycles. The number of hydrogen-bond donors (Lipinski definition) is 2. The van der Waals surface area contributed by atoms with Gasteiger partial charge in [-0.25, -0.2) is 0 Å². The van der Waals surface area contributed by atoms with Crippen molar-refractivity contribution in [3.8, 4) is 11.5 Å². The standard InChI is InChI=1S/C23H22ClN3O6S/c1-32-18-11-14(10-17(24)21(18)29)12-19-22(30)27(23(31)34-19)13-20(28)25-15-2-4-16(5-3-15)26-6-8-33-9-7-26/h2-5,10-12,29H,6-9,13H2,1H3,(H,25,28)/b19-12-. The molecule has 0 radical (unpaired) electrons. The van der Waals surface area contributed by atoms with Crippen LogP contribution in [-0.4, -0.2) is 67.0 Å². The summed E-state index contributed by atoms with van der Waals surface area (Å²) < 4.78 is 10.4. The predicted molar refractivity (Wildman–Crippen MR) is 130 cm³/mol. The molecule has 4 rings (SSSR count). The maximum atomic E-state index is 12.7. The van der Waals surface area contributed by atoms with Crippen molar-refractivity contribution in [2.45, 2.75) is 0 Å². The minimum atomic E-state index is -0.587. The summed E-state index contributed by atoms with van der Waals surface area (Å²) in [6, 6.07) is 10.3. The van der Waals surface area contributed by atoms with E-state index in [1.54, 1.807) is 12.1 Å². The average Bonchev–Trinajstić information content (AvgIpc) is 3.09. The predicted octanol–water partition coefficient (Wildman–Crippen LogP) is 3.57. The van der Waals surface area contributed by atoms with Crippen LogP contribution in [0.4, 0.5) is 16.2 Å². The summed E-state index contributed by atoms with van der Waals surface area (Å²) in [6.45, 7) is 2.56. The molecule has 0 bridgehead atoms. The van der Waals surface area contributed by atoms with E-state index < -0.39 is 23.6 Å². The van der Waals surface area contributed by atoms with Gasteiger partial charge in [0.15, 0.2) is 11.5 Å². The summed E-state index contributed by atoms with van der Waals surface area (Å²) in [5.41, 5.74) is 2.06. The fourth-order valence-electron chi connectivity index (χ4n) is 3.54. The molecule has 2 aromatic rings. The van der Waals surface area contributed by atoms with E-state index in [1.807, 2.05) is 12.1 Å². The lowest BCUT2D eigenvalue weighted by Crippen LogP contribution is -2.36. The number of morpholine rings is 1. The summed E-state index contributed by atoms with van der Waals surface area (Å²) in [5, 5.41) is 12.1. The zero-order chi connectivity index (χ0) is 24.2. The lowest BCUT2D eigenvalue weighted by Gasteiger charge is -2.28. The Kier molecular flexibility index (Phi) is 7.30. The Morgan fingerprint density at radius 1 is 1.24 bits per heavy atom. The van der Waals surface area contributed by atoms with Gasteiger partial charge in [-0.3, -0.25) is 19.3 Å². The number of anilines is 2. The molecular formula is C23H22ClN3O6S. The monoisotopic (exact) mass is 503 g/mol. The molecular weight excluding hydrogens is 482 g/mol. The van der Waals surface area contributed by atoms with Crippen LogP contribution < -0.4 is 15.0 Å². The number of phenolic OH excluding ortho intramolecular Hbond substituents is 1. The van der Waals surface area contributed by atoms with Crippen LogP contribution in [0, 0.1) is 0 Å². The van der Waals surface area contributed by atoms with Crippen LogP contribution in [0.2, 0.25) is 5.02 Å². The molecule has 2 aliphatic rings. The number of amides is 3. The lowest BCUT2D eigenvalue weighted by atomic mass is 10.2.